The van der Waals surface area contributed by atoms with Crippen LogP contribution in [0, 0.1) is 0 Å². The number of carbonyl (C=O) groups is 4. The Morgan fingerprint density at radius 2 is 1.69 bits per heavy atom. The molecule has 3 fully saturated rings. The van der Waals surface area contributed by atoms with Crippen LogP contribution in [0.15, 0.2) is 60.1 Å². The maximum absolute atomic E-state index is 13.3. The molecule has 0 radical (unpaired) electrons. The Kier molecular flexibility index (Phi) is 8.11. The molecule has 0 bridgehead atoms. The van der Waals surface area contributed by atoms with Crippen LogP contribution in [0.2, 0.25) is 0 Å². The number of nitrogens with two attached hydrogens (primary N) is 2. The average molecular weight is 615 g/mol. The molecule has 0 saturated carbocycles. The Morgan fingerprint density at radius 3 is 2.40 bits per heavy atom. The van der Waals surface area contributed by atoms with Gasteiger partial charge < -0.3 is 31.7 Å². The minimum Gasteiger partial charge on any atom is -0.507 e. The fraction of sp³-hybridized carbons (Fsp3) is 0.375. The lowest BCUT2D eigenvalue weighted by molar-refractivity contribution is -0.136. The molecule has 2 unspecified atom stereocenters. The van der Waals surface area contributed by atoms with Crippen molar-refractivity contribution in [2.45, 2.75) is 31.3 Å². The van der Waals surface area contributed by atoms with Gasteiger partial charge in [-0.25, -0.2) is 0 Å². The Hall–Kier alpha value is -5.04. The molecule has 0 aliphatic carbocycles. The lowest BCUT2D eigenvalue weighted by Crippen LogP contribution is -2.54. The summed E-state index contributed by atoms with van der Waals surface area (Å²) >= 11 is 0. The van der Waals surface area contributed by atoms with Crippen molar-refractivity contribution in [1.82, 2.24) is 25.3 Å². The van der Waals surface area contributed by atoms with Gasteiger partial charge in [0.2, 0.25) is 11.8 Å². The highest BCUT2D eigenvalue weighted by Crippen LogP contribution is 2.33. The topological polar surface area (TPSA) is 178 Å². The number of phenols is 1. The third kappa shape index (κ3) is 5.66. The summed E-state index contributed by atoms with van der Waals surface area (Å²) in [5, 5.41) is 15.5. The van der Waals surface area contributed by atoms with E-state index in [1.165, 1.54) is 0 Å². The van der Waals surface area contributed by atoms with Gasteiger partial charge in [0.1, 0.15) is 17.6 Å². The predicted octanol–water partition coefficient (Wildman–Crippen LogP) is 0.337. The Bertz CT molecular complexity index is 1610. The van der Waals surface area contributed by atoms with Crippen molar-refractivity contribution in [3.05, 3.63) is 76.7 Å². The van der Waals surface area contributed by atoms with Crippen molar-refractivity contribution in [2.24, 2.45) is 11.5 Å². The summed E-state index contributed by atoms with van der Waals surface area (Å²) in [7, 11) is 1.76. The molecule has 4 aliphatic heterocycles. The van der Waals surface area contributed by atoms with E-state index in [0.717, 1.165) is 62.0 Å². The zero-order valence-electron chi connectivity index (χ0n) is 25.2. The van der Waals surface area contributed by atoms with Crippen molar-refractivity contribution in [3.8, 4) is 5.75 Å². The zero-order valence-corrected chi connectivity index (χ0v) is 25.2. The largest absolute Gasteiger partial charge is 0.507 e. The number of anilines is 1. The molecule has 3 saturated heterocycles. The highest BCUT2D eigenvalue weighted by molar-refractivity contribution is 6.23. The van der Waals surface area contributed by atoms with E-state index in [2.05, 4.69) is 25.3 Å². The van der Waals surface area contributed by atoms with E-state index in [4.69, 9.17) is 11.5 Å². The van der Waals surface area contributed by atoms with Gasteiger partial charge in [-0.05, 0) is 49.2 Å². The number of piperazine rings is 1. The van der Waals surface area contributed by atoms with Crippen LogP contribution < -0.4 is 27.0 Å². The van der Waals surface area contributed by atoms with Gasteiger partial charge >= 0.3 is 0 Å². The van der Waals surface area contributed by atoms with Crippen LogP contribution >= 0.6 is 0 Å². The smallest absolute Gasteiger partial charge is 0.262 e. The minimum absolute atomic E-state index is 0.0853. The monoisotopic (exact) mass is 614 g/mol. The van der Waals surface area contributed by atoms with Crippen LogP contribution in [0.1, 0.15) is 45.5 Å². The summed E-state index contributed by atoms with van der Waals surface area (Å²) in [5.74, 6) is -1.41. The van der Waals surface area contributed by atoms with Crippen molar-refractivity contribution in [2.75, 3.05) is 51.2 Å². The molecule has 0 spiro atoms. The summed E-state index contributed by atoms with van der Waals surface area (Å²) in [6.45, 7) is 4.71. The van der Waals surface area contributed by atoms with E-state index in [1.54, 1.807) is 43.5 Å². The number of carbonyl (C=O) groups excluding carboxylic acids is 4. The summed E-state index contributed by atoms with van der Waals surface area (Å²) in [4.78, 5) is 58.2. The Labute approximate surface area is 261 Å². The maximum atomic E-state index is 13.3. The summed E-state index contributed by atoms with van der Waals surface area (Å²) < 4.78 is 0. The Balaban J connectivity index is 1.10. The number of rotatable bonds is 7. The number of nitrogens with zero attached hydrogens (tertiary/aromatic N) is 4. The number of aromatic hydroxyl groups is 1. The van der Waals surface area contributed by atoms with Crippen molar-refractivity contribution < 1.29 is 24.3 Å². The number of imide groups is 2. The third-order valence-electron chi connectivity index (χ3n) is 9.18. The molecular weight excluding hydrogens is 576 g/mol. The molecule has 13 nitrogen and oxygen atoms in total. The Morgan fingerprint density at radius 1 is 0.956 bits per heavy atom. The molecule has 7 N–H and O–H groups in total. The van der Waals surface area contributed by atoms with Gasteiger partial charge in [-0.2, -0.15) is 0 Å². The van der Waals surface area contributed by atoms with E-state index < -0.39 is 29.7 Å². The first-order valence-electron chi connectivity index (χ1n) is 15.2. The number of phenolic OH excluding ortho intramolecular Hbond substituents is 1. The van der Waals surface area contributed by atoms with Crippen LogP contribution in [0.5, 0.6) is 5.75 Å². The van der Waals surface area contributed by atoms with Crippen LogP contribution in [0.4, 0.5) is 5.69 Å². The number of piperidine rings is 1. The van der Waals surface area contributed by atoms with Gasteiger partial charge in [-0.1, -0.05) is 12.1 Å². The van der Waals surface area contributed by atoms with Crippen molar-refractivity contribution >= 4 is 35.0 Å². The van der Waals surface area contributed by atoms with Gasteiger partial charge in [0.15, 0.2) is 0 Å². The lowest BCUT2D eigenvalue weighted by Gasteiger charge is -2.40. The molecule has 236 valence electrons. The molecule has 4 amide bonds. The van der Waals surface area contributed by atoms with Crippen LogP contribution in [-0.2, 0) is 9.59 Å². The summed E-state index contributed by atoms with van der Waals surface area (Å²) in [5.41, 5.74) is 15.9. The van der Waals surface area contributed by atoms with E-state index in [1.807, 2.05) is 12.1 Å². The molecular formula is C32H38N8O5. The standard InChI is InChI=1S/C32H38N8O5/c1-35-29(34)26(17-24(33)22-4-2-3-5-27(22)41)38-14-12-37(13-15-38)20-10-11-39(18-20)19-6-7-21-23(16-19)32(45)40(31(21)44)25-8-9-28(42)36-30(25)43/h2-7,16-17,20,25,35,41H,8-15,18,33-34H2,1H3,(H,36,42,43)/b24-17-,29-26-. The fourth-order valence-electron chi connectivity index (χ4n) is 6.67. The lowest BCUT2D eigenvalue weighted by atomic mass is 10.0. The van der Waals surface area contributed by atoms with E-state index >= 15 is 0 Å². The molecule has 2 aromatic carbocycles. The zero-order chi connectivity index (χ0) is 31.8. The number of hydrogen-bond acceptors (Lipinski definition) is 11. The molecule has 0 aromatic heterocycles. The highest BCUT2D eigenvalue weighted by atomic mass is 16.3. The van der Waals surface area contributed by atoms with E-state index in [0.29, 0.717) is 23.1 Å². The highest BCUT2D eigenvalue weighted by Gasteiger charge is 2.45. The van der Waals surface area contributed by atoms with Gasteiger partial charge in [0, 0.05) is 75.7 Å². The number of allylic oxidation sites excluding steroid dienone is 1. The predicted molar refractivity (Wildman–Crippen MR) is 167 cm³/mol. The van der Waals surface area contributed by atoms with Gasteiger partial charge in [0.25, 0.3) is 11.8 Å². The van der Waals surface area contributed by atoms with E-state index in [-0.39, 0.29) is 29.7 Å². The summed E-state index contributed by atoms with van der Waals surface area (Å²) in [6.07, 6.45) is 2.97. The molecule has 45 heavy (non-hydrogen) atoms. The molecule has 6 rings (SSSR count). The van der Waals surface area contributed by atoms with Gasteiger partial charge in [-0.15, -0.1) is 0 Å². The molecule has 4 aliphatic rings. The summed E-state index contributed by atoms with van der Waals surface area (Å²) in [6, 6.07) is 11.5. The van der Waals surface area contributed by atoms with E-state index in [9.17, 15) is 24.3 Å². The second-order valence-corrected chi connectivity index (χ2v) is 11.8. The third-order valence-corrected chi connectivity index (χ3v) is 9.18. The molecule has 2 aromatic rings. The second kappa shape index (κ2) is 12.2. The molecule has 13 heteroatoms. The number of amides is 4. The first-order chi connectivity index (χ1) is 21.7. The number of fused-ring (bicyclic) bond motifs is 1. The SMILES string of the molecule is CN/C(N)=C(/C=C(\N)c1ccccc1O)N1CCN(C2CCN(c3ccc4c(c3)C(=O)N(C3CCC(=O)NC3=O)C4=O)C2)CC1. The first-order valence-corrected chi connectivity index (χ1v) is 15.2. The van der Waals surface area contributed by atoms with Gasteiger partial charge in [-0.3, -0.25) is 34.3 Å². The molecule has 2 atom stereocenters. The van der Waals surface area contributed by atoms with Gasteiger partial charge in [0.05, 0.1) is 16.8 Å². The number of benzene rings is 2. The minimum atomic E-state index is -0.982. The number of para-hydroxylation sites is 1. The maximum Gasteiger partial charge on any atom is 0.262 e. The van der Waals surface area contributed by atoms with Crippen LogP contribution in [0.3, 0.4) is 0 Å². The normalized spacial score (nSPS) is 23.3. The number of nitrogens with one attached hydrogen (secondary N) is 2. The molecule has 4 heterocycles. The van der Waals surface area contributed by atoms with Crippen molar-refractivity contribution in [3.63, 3.8) is 0 Å². The van der Waals surface area contributed by atoms with Crippen LogP contribution in [-0.4, -0.2) is 102 Å². The number of hydrogen-bond donors (Lipinski definition) is 5. The average Bonchev–Trinajstić information content (AvgIpc) is 3.63. The van der Waals surface area contributed by atoms with Crippen LogP contribution in [0.25, 0.3) is 5.70 Å². The van der Waals surface area contributed by atoms with Crippen molar-refractivity contribution in [1.29, 1.82) is 0 Å². The second-order valence-electron chi connectivity index (χ2n) is 11.8. The fourth-order valence-corrected chi connectivity index (χ4v) is 6.67. The first kappa shape index (κ1) is 30.0. The quantitative estimate of drug-likeness (QED) is 0.215.